The van der Waals surface area contributed by atoms with Gasteiger partial charge < -0.3 is 11.5 Å². The first kappa shape index (κ1) is 11.4. The molecule has 0 amide bonds. The van der Waals surface area contributed by atoms with E-state index < -0.39 is 0 Å². The van der Waals surface area contributed by atoms with Crippen LogP contribution in [0.5, 0.6) is 0 Å². The average Bonchev–Trinajstić information content (AvgIpc) is 1.25. The van der Waals surface area contributed by atoms with Crippen molar-refractivity contribution in [3.8, 4) is 0 Å². The molecule has 8 heavy (non-hydrogen) atoms. The highest BCUT2D eigenvalue weighted by Crippen LogP contribution is 1.73. The van der Waals surface area contributed by atoms with Crippen LogP contribution in [0.15, 0.2) is 0 Å². The third kappa shape index (κ3) is 544. The van der Waals surface area contributed by atoms with Crippen LogP contribution >= 0.6 is 25.3 Å². The van der Waals surface area contributed by atoms with Gasteiger partial charge in [-0.1, -0.05) is 0 Å². The lowest BCUT2D eigenvalue weighted by atomic mass is 10.8. The van der Waals surface area contributed by atoms with Crippen LogP contribution in [0.25, 0.3) is 0 Å². The molecule has 0 saturated carbocycles. The van der Waals surface area contributed by atoms with Crippen LogP contribution in [-0.2, 0) is 0 Å². The molecule has 0 aliphatic carbocycles. The second-order valence-electron chi connectivity index (χ2n) is 1.48. The van der Waals surface area contributed by atoms with Crippen molar-refractivity contribution >= 4 is 25.3 Å². The molecule has 0 aliphatic rings. The van der Waals surface area contributed by atoms with Gasteiger partial charge in [-0.05, 0) is 13.8 Å². The third-order valence-electron chi connectivity index (χ3n) is 0. The van der Waals surface area contributed by atoms with Crippen molar-refractivity contribution < 1.29 is 0 Å². The Morgan fingerprint density at radius 1 is 1.00 bits per heavy atom. The predicted octanol–water partition coefficient (Wildman–Crippen LogP) is 0.442. The van der Waals surface area contributed by atoms with Crippen LogP contribution in [0.2, 0.25) is 0 Å². The van der Waals surface area contributed by atoms with Crippen molar-refractivity contribution in [3.63, 3.8) is 0 Å². The van der Waals surface area contributed by atoms with Crippen LogP contribution in [-0.4, -0.2) is 10.7 Å². The standard InChI is InChI=1S/2C2H7NS/c2*1-2(3)4/h2*2,4H,3H2,1H3. The zero-order valence-electron chi connectivity index (χ0n) is 5.20. The summed E-state index contributed by atoms with van der Waals surface area (Å²) in [6.45, 7) is 3.62. The third-order valence-corrected chi connectivity index (χ3v) is 0. The van der Waals surface area contributed by atoms with Crippen LogP contribution in [0.1, 0.15) is 13.8 Å². The molecule has 2 nitrogen and oxygen atoms in total. The zero-order chi connectivity index (χ0) is 7.15. The second kappa shape index (κ2) is 7.62. The quantitative estimate of drug-likeness (QED) is 0.302. The Balaban J connectivity index is 0. The molecule has 0 radical (unpaired) electrons. The van der Waals surface area contributed by atoms with Gasteiger partial charge in [-0.3, -0.25) is 0 Å². The maximum atomic E-state index is 4.98. The van der Waals surface area contributed by atoms with E-state index in [9.17, 15) is 0 Å². The molecule has 4 N–H and O–H groups in total. The fourth-order valence-corrected chi connectivity index (χ4v) is 0. The molecule has 0 aliphatic heterocycles. The minimum atomic E-state index is 0.0278. The average molecular weight is 154 g/mol. The summed E-state index contributed by atoms with van der Waals surface area (Å²) in [6.07, 6.45) is 0. The van der Waals surface area contributed by atoms with Crippen molar-refractivity contribution in [2.45, 2.75) is 24.6 Å². The summed E-state index contributed by atoms with van der Waals surface area (Å²) in [4.78, 5) is 0. The first-order valence-corrected chi connectivity index (χ1v) is 3.37. The lowest BCUT2D eigenvalue weighted by Crippen LogP contribution is -2.03. The highest BCUT2D eigenvalue weighted by molar-refractivity contribution is 7.81. The lowest BCUT2D eigenvalue weighted by Gasteiger charge is -1.80. The molecule has 52 valence electrons. The SMILES string of the molecule is CC(N)S.CC(N)S. The minimum Gasteiger partial charge on any atom is -0.320 e. The van der Waals surface area contributed by atoms with Gasteiger partial charge in [0, 0.05) is 10.7 Å². The number of hydrogen-bond acceptors (Lipinski definition) is 4. The summed E-state index contributed by atoms with van der Waals surface area (Å²) in [5, 5.41) is 0.0556. The fourth-order valence-electron chi connectivity index (χ4n) is 0. The Hall–Kier alpha value is 0.620. The van der Waals surface area contributed by atoms with Gasteiger partial charge in [-0.15, -0.1) is 0 Å². The van der Waals surface area contributed by atoms with E-state index in [1.807, 2.05) is 13.8 Å². The molecule has 0 bridgehead atoms. The first-order chi connectivity index (χ1) is 3.46. The molecule has 2 atom stereocenters. The monoisotopic (exact) mass is 154 g/mol. The molecule has 0 rings (SSSR count). The molecule has 0 spiro atoms. The highest BCUT2D eigenvalue weighted by Gasteiger charge is 1.68. The molecule has 0 heterocycles. The Morgan fingerprint density at radius 2 is 1.00 bits per heavy atom. The van der Waals surface area contributed by atoms with Gasteiger partial charge in [0.1, 0.15) is 0 Å². The van der Waals surface area contributed by atoms with E-state index >= 15 is 0 Å². The summed E-state index contributed by atoms with van der Waals surface area (Å²) in [5.74, 6) is 0. The van der Waals surface area contributed by atoms with Crippen LogP contribution < -0.4 is 11.5 Å². The number of nitrogens with two attached hydrogens (primary N) is 2. The molecule has 0 saturated heterocycles. The second-order valence-corrected chi connectivity index (χ2v) is 3.11. The Labute approximate surface area is 61.8 Å². The smallest absolute Gasteiger partial charge is 0.0448 e. The van der Waals surface area contributed by atoms with Gasteiger partial charge in [0.25, 0.3) is 0 Å². The summed E-state index contributed by atoms with van der Waals surface area (Å²) >= 11 is 7.49. The molecule has 0 aromatic rings. The van der Waals surface area contributed by atoms with E-state index in [1.165, 1.54) is 0 Å². The van der Waals surface area contributed by atoms with Crippen molar-refractivity contribution in [1.29, 1.82) is 0 Å². The number of hydrogen-bond donors (Lipinski definition) is 4. The van der Waals surface area contributed by atoms with Gasteiger partial charge in [-0.25, -0.2) is 0 Å². The molecule has 0 fully saturated rings. The summed E-state index contributed by atoms with van der Waals surface area (Å²) in [7, 11) is 0. The maximum absolute atomic E-state index is 4.98. The summed E-state index contributed by atoms with van der Waals surface area (Å²) in [6, 6.07) is 0. The van der Waals surface area contributed by atoms with Gasteiger partial charge in [0.15, 0.2) is 0 Å². The Kier molecular flexibility index (Phi) is 10.9. The van der Waals surface area contributed by atoms with Crippen molar-refractivity contribution in [2.24, 2.45) is 11.5 Å². The molecular formula is C4H14N2S2. The van der Waals surface area contributed by atoms with Crippen molar-refractivity contribution in [2.75, 3.05) is 0 Å². The van der Waals surface area contributed by atoms with Crippen molar-refractivity contribution in [3.05, 3.63) is 0 Å². The minimum absolute atomic E-state index is 0.0278. The summed E-state index contributed by atoms with van der Waals surface area (Å²) in [5.41, 5.74) is 9.95. The maximum Gasteiger partial charge on any atom is 0.0448 e. The van der Waals surface area contributed by atoms with Crippen LogP contribution in [0, 0.1) is 0 Å². The van der Waals surface area contributed by atoms with Crippen LogP contribution in [0.3, 0.4) is 0 Å². The highest BCUT2D eigenvalue weighted by atomic mass is 32.1. The summed E-state index contributed by atoms with van der Waals surface area (Å²) < 4.78 is 0. The largest absolute Gasteiger partial charge is 0.320 e. The van der Waals surface area contributed by atoms with E-state index in [4.69, 9.17) is 11.5 Å². The van der Waals surface area contributed by atoms with Gasteiger partial charge >= 0.3 is 0 Å². The Morgan fingerprint density at radius 3 is 1.00 bits per heavy atom. The van der Waals surface area contributed by atoms with Gasteiger partial charge in [0.05, 0.1) is 0 Å². The molecule has 4 heteroatoms. The number of rotatable bonds is 0. The first-order valence-electron chi connectivity index (χ1n) is 2.34. The van der Waals surface area contributed by atoms with E-state index in [0.717, 1.165) is 0 Å². The topological polar surface area (TPSA) is 52.0 Å². The lowest BCUT2D eigenvalue weighted by molar-refractivity contribution is 1.06. The van der Waals surface area contributed by atoms with E-state index in [-0.39, 0.29) is 10.7 Å². The number of thiol groups is 2. The zero-order valence-corrected chi connectivity index (χ0v) is 6.99. The molecule has 0 aromatic heterocycles. The normalized spacial score (nSPS) is 15.8. The fraction of sp³-hybridized carbons (Fsp3) is 1.00. The Bertz CT molecular complexity index is 27.5. The van der Waals surface area contributed by atoms with Gasteiger partial charge in [-0.2, -0.15) is 25.3 Å². The predicted molar refractivity (Wildman–Crippen MR) is 45.3 cm³/mol. The molecular weight excluding hydrogens is 140 g/mol. The van der Waals surface area contributed by atoms with E-state index in [1.54, 1.807) is 0 Å². The molecule has 2 unspecified atom stereocenters. The van der Waals surface area contributed by atoms with E-state index in [2.05, 4.69) is 25.3 Å². The van der Waals surface area contributed by atoms with E-state index in [0.29, 0.717) is 0 Å². The van der Waals surface area contributed by atoms with Crippen molar-refractivity contribution in [1.82, 2.24) is 0 Å². The van der Waals surface area contributed by atoms with Gasteiger partial charge in [0.2, 0.25) is 0 Å². The molecule has 0 aromatic carbocycles. The van der Waals surface area contributed by atoms with Crippen LogP contribution in [0.4, 0.5) is 0 Å².